The topological polar surface area (TPSA) is 12.0 Å². The summed E-state index contributed by atoms with van der Waals surface area (Å²) in [5.74, 6) is -3.24. The van der Waals surface area contributed by atoms with E-state index in [1.54, 1.807) is 25.1 Å². The van der Waals surface area contributed by atoms with Crippen molar-refractivity contribution < 1.29 is 13.2 Å². The minimum atomic E-state index is -1.25. The van der Waals surface area contributed by atoms with E-state index < -0.39 is 23.5 Å². The van der Waals surface area contributed by atoms with Gasteiger partial charge in [0.2, 0.25) is 0 Å². The summed E-state index contributed by atoms with van der Waals surface area (Å²) in [5.41, 5.74) is 0.376. The van der Waals surface area contributed by atoms with Crippen molar-refractivity contribution in [3.8, 4) is 0 Å². The highest BCUT2D eigenvalue weighted by molar-refractivity contribution is 6.35. The summed E-state index contributed by atoms with van der Waals surface area (Å²) in [6.45, 7) is 1.69. The summed E-state index contributed by atoms with van der Waals surface area (Å²) in [5, 5.41) is 3.54. The highest BCUT2D eigenvalue weighted by Crippen LogP contribution is 2.30. The van der Waals surface area contributed by atoms with E-state index in [-0.39, 0.29) is 5.69 Å². The first-order valence-electron chi connectivity index (χ1n) is 5.74. The lowest BCUT2D eigenvalue weighted by atomic mass is 10.1. The number of halogens is 5. The number of anilines is 1. The molecule has 0 saturated carbocycles. The third kappa shape index (κ3) is 3.19. The predicted molar refractivity (Wildman–Crippen MR) is 74.8 cm³/mol. The van der Waals surface area contributed by atoms with Crippen LogP contribution >= 0.6 is 23.2 Å². The van der Waals surface area contributed by atoms with Gasteiger partial charge in [0.15, 0.2) is 11.6 Å². The van der Waals surface area contributed by atoms with E-state index in [4.69, 9.17) is 23.2 Å². The fraction of sp³-hybridized carbons (Fsp3) is 0.143. The van der Waals surface area contributed by atoms with Crippen molar-refractivity contribution in [2.75, 3.05) is 5.32 Å². The highest BCUT2D eigenvalue weighted by Gasteiger charge is 2.15. The van der Waals surface area contributed by atoms with Gasteiger partial charge in [-0.3, -0.25) is 0 Å². The zero-order valence-electron chi connectivity index (χ0n) is 10.4. The van der Waals surface area contributed by atoms with Crippen molar-refractivity contribution in [2.45, 2.75) is 13.0 Å². The van der Waals surface area contributed by atoms with Crippen LogP contribution in [0.1, 0.15) is 18.5 Å². The zero-order chi connectivity index (χ0) is 14.9. The van der Waals surface area contributed by atoms with Gasteiger partial charge in [-0.05, 0) is 24.6 Å². The molecule has 106 valence electrons. The lowest BCUT2D eigenvalue weighted by Crippen LogP contribution is -2.09. The summed E-state index contributed by atoms with van der Waals surface area (Å²) in [4.78, 5) is 0. The summed E-state index contributed by atoms with van der Waals surface area (Å²) in [7, 11) is 0. The molecular weight excluding hydrogens is 310 g/mol. The quantitative estimate of drug-likeness (QED) is 0.728. The molecule has 0 aliphatic carbocycles. The first-order chi connectivity index (χ1) is 9.38. The summed E-state index contributed by atoms with van der Waals surface area (Å²) in [6.07, 6.45) is 0. The molecule has 0 spiro atoms. The Kier molecular flexibility index (Phi) is 4.45. The van der Waals surface area contributed by atoms with Crippen LogP contribution in [0.15, 0.2) is 30.3 Å². The second-order valence-electron chi connectivity index (χ2n) is 4.28. The monoisotopic (exact) mass is 319 g/mol. The first-order valence-corrected chi connectivity index (χ1v) is 6.50. The lowest BCUT2D eigenvalue weighted by molar-refractivity contribution is 0.496. The van der Waals surface area contributed by atoms with Gasteiger partial charge >= 0.3 is 0 Å². The molecule has 0 aliphatic rings. The average molecular weight is 320 g/mol. The molecule has 0 aromatic heterocycles. The van der Waals surface area contributed by atoms with Crippen LogP contribution in [-0.4, -0.2) is 0 Å². The predicted octanol–water partition coefficient (Wildman–Crippen LogP) is 5.58. The Balaban J connectivity index is 2.30. The molecule has 0 saturated heterocycles. The van der Waals surface area contributed by atoms with Crippen LogP contribution in [0, 0.1) is 17.5 Å². The molecule has 0 bridgehead atoms. The number of rotatable bonds is 3. The van der Waals surface area contributed by atoms with Gasteiger partial charge < -0.3 is 5.32 Å². The van der Waals surface area contributed by atoms with Crippen molar-refractivity contribution in [1.82, 2.24) is 0 Å². The summed E-state index contributed by atoms with van der Waals surface area (Å²) in [6, 6.07) is 5.76. The minimum absolute atomic E-state index is 0.263. The maximum Gasteiger partial charge on any atom is 0.182 e. The molecule has 0 radical (unpaired) electrons. The Morgan fingerprint density at radius 2 is 1.75 bits per heavy atom. The molecule has 2 aromatic rings. The molecule has 0 fully saturated rings. The van der Waals surface area contributed by atoms with E-state index in [1.807, 2.05) is 0 Å². The number of hydrogen-bond donors (Lipinski definition) is 1. The lowest BCUT2D eigenvalue weighted by Gasteiger charge is -2.18. The minimum Gasteiger partial charge on any atom is -0.376 e. The van der Waals surface area contributed by atoms with Crippen molar-refractivity contribution >= 4 is 28.9 Å². The largest absolute Gasteiger partial charge is 0.376 e. The molecule has 2 rings (SSSR count). The smallest absolute Gasteiger partial charge is 0.182 e. The normalized spacial score (nSPS) is 12.3. The third-order valence-corrected chi connectivity index (χ3v) is 3.36. The van der Waals surface area contributed by atoms with Crippen LogP contribution in [-0.2, 0) is 0 Å². The molecular formula is C14H10Cl2F3N. The molecule has 2 aromatic carbocycles. The number of benzene rings is 2. The van der Waals surface area contributed by atoms with E-state index in [2.05, 4.69) is 5.32 Å². The fourth-order valence-electron chi connectivity index (χ4n) is 1.82. The highest BCUT2D eigenvalue weighted by atomic mass is 35.5. The molecule has 1 unspecified atom stereocenters. The Bertz CT molecular complexity index is 647. The molecule has 1 atom stereocenters. The molecule has 1 nitrogen and oxygen atoms in total. The summed E-state index contributed by atoms with van der Waals surface area (Å²) < 4.78 is 39.8. The molecule has 1 N–H and O–H groups in total. The molecule has 20 heavy (non-hydrogen) atoms. The maximum absolute atomic E-state index is 13.6. The van der Waals surface area contributed by atoms with Crippen molar-refractivity contribution in [3.63, 3.8) is 0 Å². The van der Waals surface area contributed by atoms with Gasteiger partial charge in [-0.15, -0.1) is 0 Å². The fourth-order valence-corrected chi connectivity index (χ4v) is 2.40. The Labute approximate surface area is 124 Å². The van der Waals surface area contributed by atoms with E-state index in [0.717, 1.165) is 6.07 Å². The molecule has 0 aliphatic heterocycles. The SMILES string of the molecule is CC(Nc1cc(F)cc(F)c1F)c1ccc(Cl)cc1Cl. The second kappa shape index (κ2) is 5.94. The van der Waals surface area contributed by atoms with E-state index >= 15 is 0 Å². The standard InChI is InChI=1S/C14H10Cl2F3N/c1-7(10-3-2-8(15)4-11(10)16)20-13-6-9(17)5-12(18)14(13)19/h2-7,20H,1H3. The van der Waals surface area contributed by atoms with Gasteiger partial charge in [-0.25, -0.2) is 13.2 Å². The molecule has 6 heteroatoms. The van der Waals surface area contributed by atoms with Gasteiger partial charge in [-0.1, -0.05) is 29.3 Å². The molecule has 0 heterocycles. The van der Waals surface area contributed by atoms with Crippen molar-refractivity contribution in [3.05, 3.63) is 63.4 Å². The summed E-state index contributed by atoms with van der Waals surface area (Å²) >= 11 is 11.8. The van der Waals surface area contributed by atoms with Crippen molar-refractivity contribution in [1.29, 1.82) is 0 Å². The number of hydrogen-bond acceptors (Lipinski definition) is 1. The van der Waals surface area contributed by atoms with E-state index in [1.165, 1.54) is 0 Å². The van der Waals surface area contributed by atoms with Gasteiger partial charge in [0.1, 0.15) is 5.82 Å². The van der Waals surface area contributed by atoms with Crippen LogP contribution in [0.5, 0.6) is 0 Å². The van der Waals surface area contributed by atoms with Gasteiger partial charge in [-0.2, -0.15) is 0 Å². The van der Waals surface area contributed by atoms with Crippen LogP contribution in [0.25, 0.3) is 0 Å². The van der Waals surface area contributed by atoms with Gasteiger partial charge in [0, 0.05) is 22.2 Å². The van der Waals surface area contributed by atoms with Crippen LogP contribution in [0.2, 0.25) is 10.0 Å². The second-order valence-corrected chi connectivity index (χ2v) is 5.12. The van der Waals surface area contributed by atoms with Gasteiger partial charge in [0.05, 0.1) is 11.7 Å². The molecule has 0 amide bonds. The number of nitrogens with one attached hydrogen (secondary N) is 1. The Morgan fingerprint density at radius 3 is 2.40 bits per heavy atom. The first kappa shape index (κ1) is 15.0. The van der Waals surface area contributed by atoms with Crippen LogP contribution in [0.4, 0.5) is 18.9 Å². The van der Waals surface area contributed by atoms with Gasteiger partial charge in [0.25, 0.3) is 0 Å². The maximum atomic E-state index is 13.6. The Morgan fingerprint density at radius 1 is 1.05 bits per heavy atom. The Hall–Kier alpha value is -1.39. The zero-order valence-corrected chi connectivity index (χ0v) is 11.9. The van der Waals surface area contributed by atoms with Crippen LogP contribution < -0.4 is 5.32 Å². The average Bonchev–Trinajstić information content (AvgIpc) is 2.35. The van der Waals surface area contributed by atoms with E-state index in [0.29, 0.717) is 21.7 Å². The van der Waals surface area contributed by atoms with Crippen molar-refractivity contribution in [2.24, 2.45) is 0 Å². The van der Waals surface area contributed by atoms with Crippen LogP contribution in [0.3, 0.4) is 0 Å². The third-order valence-electron chi connectivity index (χ3n) is 2.79. The van der Waals surface area contributed by atoms with E-state index in [9.17, 15) is 13.2 Å².